The zero-order valence-corrected chi connectivity index (χ0v) is 13.3. The first kappa shape index (κ1) is 15.2. The molecule has 2 aromatic rings. The first-order chi connectivity index (χ1) is 10.0. The van der Waals surface area contributed by atoms with Crippen LogP contribution in [0.2, 0.25) is 0 Å². The van der Waals surface area contributed by atoms with E-state index in [1.54, 1.807) is 13.3 Å². The van der Waals surface area contributed by atoms with Crippen molar-refractivity contribution in [3.63, 3.8) is 0 Å². The van der Waals surface area contributed by atoms with Gasteiger partial charge < -0.3 is 14.6 Å². The maximum absolute atomic E-state index is 5.37. The molecule has 0 radical (unpaired) electrons. The van der Waals surface area contributed by atoms with Crippen LogP contribution in [0.3, 0.4) is 0 Å². The smallest absolute Gasteiger partial charge is 0.194 e. The minimum absolute atomic E-state index is 0.678. The fourth-order valence-corrected chi connectivity index (χ4v) is 2.34. The van der Waals surface area contributed by atoms with Gasteiger partial charge in [0.25, 0.3) is 0 Å². The molecule has 0 aliphatic rings. The van der Waals surface area contributed by atoms with Gasteiger partial charge in [-0.1, -0.05) is 0 Å². The second-order valence-electron chi connectivity index (χ2n) is 5.11. The number of aliphatic imine (C=N–C) groups is 1. The highest BCUT2D eigenvalue weighted by Gasteiger charge is 2.12. The molecule has 2 rings (SSSR count). The number of rotatable bonds is 4. The molecular weight excluding hydrogens is 266 g/mol. The Labute approximate surface area is 125 Å². The molecule has 1 N–H and O–H groups in total. The minimum Gasteiger partial charge on any atom is -0.467 e. The molecule has 6 nitrogen and oxygen atoms in total. The summed E-state index contributed by atoms with van der Waals surface area (Å²) >= 11 is 0. The molecule has 6 heteroatoms. The van der Waals surface area contributed by atoms with E-state index < -0.39 is 0 Å². The Morgan fingerprint density at radius 1 is 1.48 bits per heavy atom. The number of nitrogens with zero attached hydrogens (tertiary/aromatic N) is 4. The third-order valence-electron chi connectivity index (χ3n) is 3.63. The summed E-state index contributed by atoms with van der Waals surface area (Å²) in [5, 5.41) is 7.80. The van der Waals surface area contributed by atoms with E-state index in [0.29, 0.717) is 13.1 Å². The van der Waals surface area contributed by atoms with Crippen LogP contribution in [-0.4, -0.2) is 34.7 Å². The van der Waals surface area contributed by atoms with Crippen molar-refractivity contribution >= 4 is 5.96 Å². The summed E-state index contributed by atoms with van der Waals surface area (Å²) in [6.07, 6.45) is 1.68. The van der Waals surface area contributed by atoms with Gasteiger partial charge in [0.05, 0.1) is 18.5 Å². The molecule has 0 unspecified atom stereocenters. The molecule has 2 heterocycles. The summed E-state index contributed by atoms with van der Waals surface area (Å²) in [6.45, 7) is 5.49. The van der Waals surface area contributed by atoms with E-state index in [1.165, 1.54) is 11.3 Å². The highest BCUT2D eigenvalue weighted by Crippen LogP contribution is 2.11. The molecule has 21 heavy (non-hydrogen) atoms. The fourth-order valence-electron chi connectivity index (χ4n) is 2.34. The largest absolute Gasteiger partial charge is 0.467 e. The SMILES string of the molecule is CN=C(NCc1c(C)nn(C)c1C)N(C)Cc1ccco1. The van der Waals surface area contributed by atoms with Crippen molar-refractivity contribution in [2.75, 3.05) is 14.1 Å². The summed E-state index contributed by atoms with van der Waals surface area (Å²) in [7, 11) is 5.73. The summed E-state index contributed by atoms with van der Waals surface area (Å²) in [6, 6.07) is 3.85. The standard InChI is InChI=1S/C15H23N5O/c1-11-14(12(2)20(5)18-11)9-17-15(16-3)19(4)10-13-7-6-8-21-13/h6-8H,9-10H2,1-5H3,(H,16,17). The Morgan fingerprint density at radius 2 is 2.24 bits per heavy atom. The van der Waals surface area contributed by atoms with Crippen LogP contribution in [0.5, 0.6) is 0 Å². The zero-order valence-electron chi connectivity index (χ0n) is 13.3. The van der Waals surface area contributed by atoms with Crippen LogP contribution in [0, 0.1) is 13.8 Å². The fraction of sp³-hybridized carbons (Fsp3) is 0.467. The van der Waals surface area contributed by atoms with Gasteiger partial charge in [0.15, 0.2) is 5.96 Å². The lowest BCUT2D eigenvalue weighted by atomic mass is 10.2. The van der Waals surface area contributed by atoms with Gasteiger partial charge in [-0.2, -0.15) is 5.10 Å². The number of hydrogen-bond acceptors (Lipinski definition) is 3. The van der Waals surface area contributed by atoms with Gasteiger partial charge in [-0.05, 0) is 26.0 Å². The highest BCUT2D eigenvalue weighted by atomic mass is 16.3. The molecule has 114 valence electrons. The van der Waals surface area contributed by atoms with Crippen LogP contribution in [0.1, 0.15) is 22.7 Å². The van der Waals surface area contributed by atoms with Gasteiger partial charge in [-0.15, -0.1) is 0 Å². The molecule has 0 aliphatic heterocycles. The van der Waals surface area contributed by atoms with Crippen molar-refractivity contribution in [1.82, 2.24) is 20.0 Å². The van der Waals surface area contributed by atoms with Gasteiger partial charge >= 0.3 is 0 Å². The van der Waals surface area contributed by atoms with Gasteiger partial charge in [-0.25, -0.2) is 0 Å². The Hall–Kier alpha value is -2.24. The normalized spacial score (nSPS) is 11.8. The van der Waals surface area contributed by atoms with Crippen LogP contribution in [0.25, 0.3) is 0 Å². The Morgan fingerprint density at radius 3 is 2.76 bits per heavy atom. The van der Waals surface area contributed by atoms with Crippen LogP contribution >= 0.6 is 0 Å². The second-order valence-corrected chi connectivity index (χ2v) is 5.11. The number of guanidine groups is 1. The maximum Gasteiger partial charge on any atom is 0.194 e. The van der Waals surface area contributed by atoms with Crippen molar-refractivity contribution in [3.05, 3.63) is 41.1 Å². The van der Waals surface area contributed by atoms with Gasteiger partial charge in [0.1, 0.15) is 5.76 Å². The third-order valence-corrected chi connectivity index (χ3v) is 3.63. The van der Waals surface area contributed by atoms with E-state index in [-0.39, 0.29) is 0 Å². The molecule has 0 bridgehead atoms. The van der Waals surface area contributed by atoms with E-state index in [2.05, 4.69) is 22.3 Å². The highest BCUT2D eigenvalue weighted by molar-refractivity contribution is 5.79. The summed E-state index contributed by atoms with van der Waals surface area (Å²) in [4.78, 5) is 6.34. The molecule has 0 amide bonds. The lowest BCUT2D eigenvalue weighted by Crippen LogP contribution is -2.38. The predicted molar refractivity (Wildman–Crippen MR) is 83.1 cm³/mol. The average molecular weight is 289 g/mol. The quantitative estimate of drug-likeness (QED) is 0.689. The van der Waals surface area contributed by atoms with Crippen molar-refractivity contribution < 1.29 is 4.42 Å². The molecule has 0 fully saturated rings. The molecular formula is C15H23N5O. The van der Waals surface area contributed by atoms with Crippen LogP contribution in [0.15, 0.2) is 27.8 Å². The Balaban J connectivity index is 1.99. The molecule has 0 atom stereocenters. The van der Waals surface area contributed by atoms with E-state index in [9.17, 15) is 0 Å². The van der Waals surface area contributed by atoms with Crippen molar-refractivity contribution in [2.24, 2.45) is 12.0 Å². The topological polar surface area (TPSA) is 58.6 Å². The van der Waals surface area contributed by atoms with Crippen LogP contribution in [0.4, 0.5) is 0 Å². The lowest BCUT2D eigenvalue weighted by molar-refractivity contribution is 0.400. The lowest BCUT2D eigenvalue weighted by Gasteiger charge is -2.21. The van der Waals surface area contributed by atoms with Crippen LogP contribution in [-0.2, 0) is 20.1 Å². The van der Waals surface area contributed by atoms with E-state index in [0.717, 1.165) is 17.4 Å². The average Bonchev–Trinajstić information content (AvgIpc) is 3.02. The molecule has 0 aliphatic carbocycles. The first-order valence-corrected chi connectivity index (χ1v) is 6.96. The molecule has 0 saturated heterocycles. The van der Waals surface area contributed by atoms with Crippen LogP contribution < -0.4 is 5.32 Å². The second kappa shape index (κ2) is 6.47. The van der Waals surface area contributed by atoms with Crippen molar-refractivity contribution in [1.29, 1.82) is 0 Å². The monoisotopic (exact) mass is 289 g/mol. The maximum atomic E-state index is 5.37. The van der Waals surface area contributed by atoms with Gasteiger partial charge in [0.2, 0.25) is 0 Å². The van der Waals surface area contributed by atoms with Crippen molar-refractivity contribution in [3.8, 4) is 0 Å². The number of aromatic nitrogens is 2. The first-order valence-electron chi connectivity index (χ1n) is 6.96. The van der Waals surface area contributed by atoms with Crippen molar-refractivity contribution in [2.45, 2.75) is 26.9 Å². The molecule has 0 aromatic carbocycles. The van der Waals surface area contributed by atoms with Gasteiger partial charge in [0, 0.05) is 38.9 Å². The van der Waals surface area contributed by atoms with Gasteiger partial charge in [-0.3, -0.25) is 9.67 Å². The number of aryl methyl sites for hydroxylation is 2. The number of nitrogens with one attached hydrogen (secondary N) is 1. The third kappa shape index (κ3) is 3.45. The molecule has 0 spiro atoms. The van der Waals surface area contributed by atoms with E-state index in [4.69, 9.17) is 4.42 Å². The Bertz CT molecular complexity index is 612. The molecule has 0 saturated carbocycles. The number of hydrogen-bond donors (Lipinski definition) is 1. The van der Waals surface area contributed by atoms with E-state index >= 15 is 0 Å². The minimum atomic E-state index is 0.678. The summed E-state index contributed by atoms with van der Waals surface area (Å²) in [5.74, 6) is 1.74. The predicted octanol–water partition coefficient (Wildman–Crippen LogP) is 1.84. The summed E-state index contributed by atoms with van der Waals surface area (Å²) < 4.78 is 7.27. The summed E-state index contributed by atoms with van der Waals surface area (Å²) in [5.41, 5.74) is 3.43. The Kier molecular flexibility index (Phi) is 4.67. The number of furan rings is 1. The molecule has 2 aromatic heterocycles. The zero-order chi connectivity index (χ0) is 15.4. The van der Waals surface area contributed by atoms with E-state index in [1.807, 2.05) is 42.7 Å².